The Bertz CT molecular complexity index is 1300. The Kier molecular flexibility index (Phi) is 5.90. The van der Waals surface area contributed by atoms with Crippen LogP contribution in [0.1, 0.15) is 43.0 Å². The molecular weight excluding hydrogens is 459 g/mol. The van der Waals surface area contributed by atoms with E-state index in [9.17, 15) is 18.8 Å². The first kappa shape index (κ1) is 22.6. The van der Waals surface area contributed by atoms with E-state index in [0.29, 0.717) is 17.9 Å². The summed E-state index contributed by atoms with van der Waals surface area (Å²) in [6.07, 6.45) is 4.09. The molecule has 1 aliphatic carbocycles. The summed E-state index contributed by atoms with van der Waals surface area (Å²) in [4.78, 5) is 39.6. The lowest BCUT2D eigenvalue weighted by atomic mass is 10.1. The van der Waals surface area contributed by atoms with Crippen molar-refractivity contribution in [3.05, 3.63) is 65.1 Å². The number of nitrogens with zero attached hydrogens (tertiary/aromatic N) is 2. The maximum absolute atomic E-state index is 14.0. The van der Waals surface area contributed by atoms with Gasteiger partial charge in [0.1, 0.15) is 6.54 Å². The zero-order valence-electron chi connectivity index (χ0n) is 18.7. The van der Waals surface area contributed by atoms with Crippen LogP contribution in [0.25, 0.3) is 10.9 Å². The summed E-state index contributed by atoms with van der Waals surface area (Å²) in [5.41, 5.74) is 1.44. The van der Waals surface area contributed by atoms with Gasteiger partial charge in [-0.25, -0.2) is 4.39 Å². The van der Waals surface area contributed by atoms with Gasteiger partial charge in [0, 0.05) is 41.2 Å². The zero-order chi connectivity index (χ0) is 24.0. The highest BCUT2D eigenvalue weighted by molar-refractivity contribution is 6.30. The van der Waals surface area contributed by atoms with E-state index in [4.69, 9.17) is 16.3 Å². The summed E-state index contributed by atoms with van der Waals surface area (Å²) in [6, 6.07) is 11.9. The minimum atomic E-state index is -0.764. The van der Waals surface area contributed by atoms with Gasteiger partial charge in [-0.2, -0.15) is 0 Å². The minimum Gasteiger partial charge on any atom is -0.423 e. The Morgan fingerprint density at radius 3 is 2.71 bits per heavy atom. The summed E-state index contributed by atoms with van der Waals surface area (Å²) in [5.74, 6) is -1.12. The summed E-state index contributed by atoms with van der Waals surface area (Å²) < 4.78 is 21.0. The van der Waals surface area contributed by atoms with E-state index in [2.05, 4.69) is 0 Å². The quantitative estimate of drug-likeness (QED) is 0.269. The van der Waals surface area contributed by atoms with Crippen molar-refractivity contribution in [1.82, 2.24) is 9.47 Å². The summed E-state index contributed by atoms with van der Waals surface area (Å²) in [7, 11) is 0. The molecule has 0 bridgehead atoms. The lowest BCUT2D eigenvalue weighted by molar-refractivity contribution is -0.137. The number of ether oxygens (including phenoxy) is 1. The minimum absolute atomic E-state index is 0.0277. The molecule has 8 heteroatoms. The van der Waals surface area contributed by atoms with Crippen LogP contribution in [0.4, 0.5) is 4.39 Å². The number of aromatic nitrogens is 1. The lowest BCUT2D eigenvalue weighted by Crippen LogP contribution is -2.40. The molecule has 2 aliphatic rings. The molecule has 1 unspecified atom stereocenters. The van der Waals surface area contributed by atoms with Gasteiger partial charge in [0.25, 0.3) is 0 Å². The van der Waals surface area contributed by atoms with E-state index in [0.717, 1.165) is 23.7 Å². The molecule has 6 nitrogen and oxygen atoms in total. The zero-order valence-corrected chi connectivity index (χ0v) is 19.4. The summed E-state index contributed by atoms with van der Waals surface area (Å²) in [6.45, 7) is 1.65. The fourth-order valence-corrected chi connectivity index (χ4v) is 5.28. The molecule has 5 rings (SSSR count). The number of esters is 1. The average Bonchev–Trinajstić information content (AvgIpc) is 3.31. The van der Waals surface area contributed by atoms with E-state index >= 15 is 0 Å². The number of carbonyl (C=O) groups is 3. The Balaban J connectivity index is 1.26. The maximum Gasteiger partial charge on any atom is 0.311 e. The van der Waals surface area contributed by atoms with Crippen molar-refractivity contribution in [2.45, 2.75) is 51.2 Å². The summed E-state index contributed by atoms with van der Waals surface area (Å²) in [5, 5.41) is 0.726. The molecule has 34 heavy (non-hydrogen) atoms. The predicted octanol–water partition coefficient (Wildman–Crippen LogP) is 5.01. The van der Waals surface area contributed by atoms with Crippen LogP contribution in [0.2, 0.25) is 5.02 Å². The highest BCUT2D eigenvalue weighted by Gasteiger charge is 2.53. The van der Waals surface area contributed by atoms with Gasteiger partial charge in [0.15, 0.2) is 17.3 Å². The molecule has 1 aliphatic heterocycles. The smallest absolute Gasteiger partial charge is 0.311 e. The van der Waals surface area contributed by atoms with Crippen molar-refractivity contribution >= 4 is 40.2 Å². The Morgan fingerprint density at radius 2 is 1.91 bits per heavy atom. The van der Waals surface area contributed by atoms with Crippen LogP contribution in [-0.4, -0.2) is 39.2 Å². The van der Waals surface area contributed by atoms with Crippen LogP contribution in [-0.2, 0) is 16.1 Å². The van der Waals surface area contributed by atoms with Gasteiger partial charge in [-0.05, 0) is 50.3 Å². The Hall–Kier alpha value is -3.19. The second-order valence-electron chi connectivity index (χ2n) is 9.06. The number of para-hydroxylation sites is 1. The van der Waals surface area contributed by atoms with Gasteiger partial charge in [0.2, 0.25) is 5.91 Å². The van der Waals surface area contributed by atoms with E-state index < -0.39 is 11.8 Å². The fourth-order valence-electron chi connectivity index (χ4n) is 5.11. The number of likely N-dealkylation sites (tertiary alicyclic amines) is 1. The van der Waals surface area contributed by atoms with Gasteiger partial charge in [-0.1, -0.05) is 35.9 Å². The van der Waals surface area contributed by atoms with Gasteiger partial charge in [-0.3, -0.25) is 14.4 Å². The molecule has 0 radical (unpaired) electrons. The number of ketones is 1. The second-order valence-corrected chi connectivity index (χ2v) is 9.47. The summed E-state index contributed by atoms with van der Waals surface area (Å²) >= 11 is 5.74. The first-order valence-corrected chi connectivity index (χ1v) is 11.8. The molecule has 2 fully saturated rings. The number of fused-ring (bicyclic) bond motifs is 2. The molecule has 1 aromatic heterocycles. The maximum atomic E-state index is 14.0. The number of piperidine rings is 1. The third-order valence-corrected chi connectivity index (χ3v) is 7.09. The van der Waals surface area contributed by atoms with E-state index in [1.165, 1.54) is 25.1 Å². The van der Waals surface area contributed by atoms with Crippen molar-refractivity contribution in [3.8, 4) is 5.75 Å². The van der Waals surface area contributed by atoms with Crippen LogP contribution in [0.15, 0.2) is 48.7 Å². The van der Waals surface area contributed by atoms with Crippen LogP contribution in [0.5, 0.6) is 5.75 Å². The second kappa shape index (κ2) is 8.87. The highest BCUT2D eigenvalue weighted by atomic mass is 35.5. The molecule has 1 saturated heterocycles. The third-order valence-electron chi connectivity index (χ3n) is 6.79. The Labute approximate surface area is 201 Å². The first-order valence-electron chi connectivity index (χ1n) is 11.4. The molecule has 1 amide bonds. The number of halogens is 2. The number of Topliss-reactive ketones (excluding diaryl/α,β-unsaturated/α-hetero) is 1. The van der Waals surface area contributed by atoms with Crippen molar-refractivity contribution in [1.29, 1.82) is 0 Å². The molecule has 0 spiro atoms. The highest BCUT2D eigenvalue weighted by Crippen LogP contribution is 2.49. The van der Waals surface area contributed by atoms with Gasteiger partial charge in [0.05, 0.1) is 5.02 Å². The molecule has 176 valence electrons. The van der Waals surface area contributed by atoms with Crippen LogP contribution < -0.4 is 4.74 Å². The van der Waals surface area contributed by atoms with Gasteiger partial charge >= 0.3 is 5.97 Å². The SMILES string of the molecule is CC(=O)c1cn(CC(=O)N2[C@H](CCC(=O)Oc3cccc(Cl)c3F)CC3C[C@H]32)c2ccccc12. The molecule has 2 heterocycles. The number of hydrogen-bond donors (Lipinski definition) is 0. The predicted molar refractivity (Wildman–Crippen MR) is 125 cm³/mol. The van der Waals surface area contributed by atoms with Crippen LogP contribution >= 0.6 is 11.6 Å². The van der Waals surface area contributed by atoms with E-state index in [1.807, 2.05) is 33.7 Å². The van der Waals surface area contributed by atoms with Crippen molar-refractivity contribution in [2.24, 2.45) is 5.92 Å². The normalized spacial score (nSPS) is 20.9. The third kappa shape index (κ3) is 4.20. The van der Waals surface area contributed by atoms with Gasteiger partial charge in [-0.15, -0.1) is 0 Å². The molecular formula is C26H24ClFN2O4. The van der Waals surface area contributed by atoms with E-state index in [1.54, 1.807) is 6.20 Å². The van der Waals surface area contributed by atoms with E-state index in [-0.39, 0.29) is 47.5 Å². The molecule has 1 saturated carbocycles. The average molecular weight is 483 g/mol. The topological polar surface area (TPSA) is 68.6 Å². The molecule has 3 atom stereocenters. The van der Waals surface area contributed by atoms with Crippen LogP contribution in [0, 0.1) is 11.7 Å². The lowest BCUT2D eigenvalue weighted by Gasteiger charge is -2.28. The number of rotatable bonds is 7. The molecule has 0 N–H and O–H groups in total. The first-order chi connectivity index (χ1) is 16.3. The Morgan fingerprint density at radius 1 is 1.12 bits per heavy atom. The number of hydrogen-bond acceptors (Lipinski definition) is 4. The number of amides is 1. The fraction of sp³-hybridized carbons (Fsp3) is 0.346. The molecule has 3 aromatic rings. The number of benzene rings is 2. The van der Waals surface area contributed by atoms with Crippen LogP contribution in [0.3, 0.4) is 0 Å². The van der Waals surface area contributed by atoms with Crippen molar-refractivity contribution in [2.75, 3.05) is 0 Å². The monoisotopic (exact) mass is 482 g/mol. The molecule has 2 aromatic carbocycles. The number of carbonyl (C=O) groups excluding carboxylic acids is 3. The standard InChI is InChI=1S/C26H24ClFN2O4/c1-15(31)19-13-29(21-7-3-2-5-18(19)21)14-24(32)30-17(11-16-12-22(16)30)9-10-25(33)34-23-8-4-6-20(27)26(23)28/h2-8,13,16-17,22H,9-12,14H2,1H3/t16?,17-,22-/m1/s1. The van der Waals surface area contributed by atoms with Crippen molar-refractivity contribution < 1.29 is 23.5 Å². The van der Waals surface area contributed by atoms with Gasteiger partial charge < -0.3 is 14.2 Å². The van der Waals surface area contributed by atoms with Crippen molar-refractivity contribution in [3.63, 3.8) is 0 Å². The largest absolute Gasteiger partial charge is 0.423 e.